The predicted octanol–water partition coefficient (Wildman–Crippen LogP) is 2.69. The number of nitrogens with zero attached hydrogens (tertiary/aromatic N) is 2. The molecule has 26 heavy (non-hydrogen) atoms. The van der Waals surface area contributed by atoms with Crippen LogP contribution in [0.15, 0.2) is 16.5 Å². The zero-order chi connectivity index (χ0) is 18.8. The number of carbonyl (C=O) groups excluding carboxylic acids is 1. The number of carboxylic acids is 1. The predicted molar refractivity (Wildman–Crippen MR) is 98.4 cm³/mol. The second kappa shape index (κ2) is 7.59. The number of aromatic nitrogens is 1. The number of nitrogens with one attached hydrogen (secondary N) is 1. The zero-order valence-electron chi connectivity index (χ0n) is 15.1. The number of thiazole rings is 1. The first kappa shape index (κ1) is 18.6. The second-order valence-electron chi connectivity index (χ2n) is 6.60. The number of likely N-dealkylation sites (N-methyl/N-ethyl adjacent to an activating group) is 1. The highest BCUT2D eigenvalue weighted by Crippen LogP contribution is 2.30. The highest BCUT2D eigenvalue weighted by Gasteiger charge is 2.35. The summed E-state index contributed by atoms with van der Waals surface area (Å²) in [5.41, 5.74) is 0.688. The molecule has 2 aromatic rings. The summed E-state index contributed by atoms with van der Waals surface area (Å²) < 4.78 is 5.58. The minimum atomic E-state index is -0.819. The molecule has 1 fully saturated rings. The summed E-state index contributed by atoms with van der Waals surface area (Å²) in [4.78, 5) is 30.4. The average Bonchev–Trinajstić information content (AvgIpc) is 3.14. The van der Waals surface area contributed by atoms with E-state index >= 15 is 0 Å². The van der Waals surface area contributed by atoms with E-state index in [1.165, 1.54) is 11.3 Å². The van der Waals surface area contributed by atoms with Crippen LogP contribution in [-0.2, 0) is 4.79 Å². The van der Waals surface area contributed by atoms with Gasteiger partial charge in [0, 0.05) is 12.1 Å². The second-order valence-corrected chi connectivity index (χ2v) is 7.60. The monoisotopic (exact) mass is 377 g/mol. The number of hydrogen-bond donors (Lipinski definition) is 2. The van der Waals surface area contributed by atoms with Crippen LogP contribution in [0.1, 0.15) is 40.9 Å². The van der Waals surface area contributed by atoms with Crippen molar-refractivity contribution in [1.82, 2.24) is 15.2 Å². The lowest BCUT2D eigenvalue weighted by Gasteiger charge is -2.42. The fourth-order valence-electron chi connectivity index (χ4n) is 3.19. The molecule has 8 heteroatoms. The van der Waals surface area contributed by atoms with E-state index in [-0.39, 0.29) is 24.5 Å². The Hall–Kier alpha value is -2.19. The summed E-state index contributed by atoms with van der Waals surface area (Å²) in [5.74, 6) is 0.534. The fourth-order valence-corrected chi connectivity index (χ4v) is 4.12. The maximum absolute atomic E-state index is 12.6. The van der Waals surface area contributed by atoms with Gasteiger partial charge in [-0.25, -0.2) is 4.98 Å². The van der Waals surface area contributed by atoms with Gasteiger partial charge in [0.25, 0.3) is 5.91 Å². The highest BCUT2D eigenvalue weighted by atomic mass is 32.1. The number of amides is 1. The van der Waals surface area contributed by atoms with Crippen molar-refractivity contribution in [3.05, 3.63) is 28.5 Å². The first-order valence-corrected chi connectivity index (χ1v) is 9.50. The molecule has 140 valence electrons. The number of aliphatic carboxylic acids is 1. The lowest BCUT2D eigenvalue weighted by Crippen LogP contribution is -2.54. The largest absolute Gasteiger partial charge is 0.480 e. The summed E-state index contributed by atoms with van der Waals surface area (Å²) >= 11 is 1.33. The van der Waals surface area contributed by atoms with Crippen LogP contribution in [0.3, 0.4) is 0 Å². The van der Waals surface area contributed by atoms with Gasteiger partial charge in [-0.3, -0.25) is 14.5 Å². The van der Waals surface area contributed by atoms with E-state index in [9.17, 15) is 9.59 Å². The van der Waals surface area contributed by atoms with Crippen molar-refractivity contribution in [2.24, 2.45) is 0 Å². The van der Waals surface area contributed by atoms with Crippen molar-refractivity contribution in [3.8, 4) is 10.8 Å². The SMILES string of the molecule is CCN(CC(=O)O)C1CC(NC(=O)c2sc(-c3ccc(C)o3)nc2C)C1. The molecule has 0 bridgehead atoms. The molecule has 0 atom stereocenters. The lowest BCUT2D eigenvalue weighted by molar-refractivity contribution is -0.139. The minimum Gasteiger partial charge on any atom is -0.480 e. The molecule has 2 N–H and O–H groups in total. The van der Waals surface area contributed by atoms with Gasteiger partial charge in [-0.2, -0.15) is 0 Å². The molecule has 0 unspecified atom stereocenters. The Balaban J connectivity index is 1.58. The lowest BCUT2D eigenvalue weighted by atomic mass is 9.85. The van der Waals surface area contributed by atoms with Gasteiger partial charge in [0.05, 0.1) is 12.2 Å². The minimum absolute atomic E-state index is 0.0434. The van der Waals surface area contributed by atoms with E-state index in [1.54, 1.807) is 0 Å². The van der Waals surface area contributed by atoms with Crippen LogP contribution in [0.5, 0.6) is 0 Å². The molecule has 1 aliphatic carbocycles. The highest BCUT2D eigenvalue weighted by molar-refractivity contribution is 7.17. The molecule has 0 aromatic carbocycles. The summed E-state index contributed by atoms with van der Waals surface area (Å²) in [7, 11) is 0. The third-order valence-corrected chi connectivity index (χ3v) is 5.83. The molecule has 7 nitrogen and oxygen atoms in total. The molecule has 0 aliphatic heterocycles. The van der Waals surface area contributed by atoms with Crippen molar-refractivity contribution < 1.29 is 19.1 Å². The van der Waals surface area contributed by atoms with Crippen molar-refractivity contribution in [2.45, 2.75) is 45.7 Å². The first-order valence-electron chi connectivity index (χ1n) is 8.68. The van der Waals surface area contributed by atoms with Crippen LogP contribution in [0.4, 0.5) is 0 Å². The molecule has 1 aliphatic rings. The molecular formula is C18H23N3O4S. The van der Waals surface area contributed by atoms with Gasteiger partial charge in [-0.15, -0.1) is 11.3 Å². The maximum atomic E-state index is 12.6. The molecule has 2 aromatic heterocycles. The van der Waals surface area contributed by atoms with Gasteiger partial charge in [0.2, 0.25) is 0 Å². The van der Waals surface area contributed by atoms with Crippen LogP contribution in [0, 0.1) is 13.8 Å². The number of carboxylic acid groups (broad SMARTS) is 1. The first-order chi connectivity index (χ1) is 12.4. The molecule has 2 heterocycles. The van der Waals surface area contributed by atoms with Crippen LogP contribution in [0.25, 0.3) is 10.8 Å². The Morgan fingerprint density at radius 2 is 2.12 bits per heavy atom. The summed E-state index contributed by atoms with van der Waals surface area (Å²) in [6.45, 7) is 6.38. The van der Waals surface area contributed by atoms with Crippen molar-refractivity contribution in [1.29, 1.82) is 0 Å². The van der Waals surface area contributed by atoms with Crippen molar-refractivity contribution in [2.75, 3.05) is 13.1 Å². The Kier molecular flexibility index (Phi) is 5.43. The van der Waals surface area contributed by atoms with Crippen LogP contribution in [-0.4, -0.2) is 52.0 Å². The zero-order valence-corrected chi connectivity index (χ0v) is 15.9. The van der Waals surface area contributed by atoms with E-state index in [2.05, 4.69) is 10.3 Å². The van der Waals surface area contributed by atoms with Crippen molar-refractivity contribution in [3.63, 3.8) is 0 Å². The smallest absolute Gasteiger partial charge is 0.317 e. The molecule has 0 saturated heterocycles. The Labute approximate surface area is 156 Å². The topological polar surface area (TPSA) is 95.7 Å². The van der Waals surface area contributed by atoms with E-state index < -0.39 is 5.97 Å². The quantitative estimate of drug-likeness (QED) is 0.770. The van der Waals surface area contributed by atoms with Gasteiger partial charge in [-0.1, -0.05) is 6.92 Å². The van der Waals surface area contributed by atoms with E-state index in [4.69, 9.17) is 9.52 Å². The molecule has 1 amide bonds. The molecular weight excluding hydrogens is 354 g/mol. The standard InChI is InChI=1S/C18H23N3O4S/c1-4-21(9-15(22)23)13-7-12(8-13)20-17(24)16-11(3)19-18(26-16)14-6-5-10(2)25-14/h5-6,12-13H,4,7-9H2,1-3H3,(H,20,24)(H,22,23). The Morgan fingerprint density at radius 3 is 2.69 bits per heavy atom. The van der Waals surface area contributed by atoms with Crippen LogP contribution in [0.2, 0.25) is 0 Å². The Bertz CT molecular complexity index is 807. The molecule has 0 spiro atoms. The van der Waals surface area contributed by atoms with Gasteiger partial charge in [-0.05, 0) is 45.4 Å². The number of aryl methyl sites for hydroxylation is 2. The average molecular weight is 377 g/mol. The van der Waals surface area contributed by atoms with Crippen LogP contribution < -0.4 is 5.32 Å². The maximum Gasteiger partial charge on any atom is 0.317 e. The Morgan fingerprint density at radius 1 is 1.38 bits per heavy atom. The normalized spacial score (nSPS) is 19.4. The number of carbonyl (C=O) groups is 2. The van der Waals surface area contributed by atoms with E-state index in [1.807, 2.05) is 37.8 Å². The summed E-state index contributed by atoms with van der Waals surface area (Å²) in [6.07, 6.45) is 1.55. The van der Waals surface area contributed by atoms with E-state index in [0.29, 0.717) is 27.9 Å². The van der Waals surface area contributed by atoms with Gasteiger partial charge < -0.3 is 14.8 Å². The third-order valence-electron chi connectivity index (χ3n) is 4.66. The van der Waals surface area contributed by atoms with E-state index in [0.717, 1.165) is 18.6 Å². The number of hydrogen-bond acceptors (Lipinski definition) is 6. The summed E-state index contributed by atoms with van der Waals surface area (Å²) in [6, 6.07) is 4.02. The van der Waals surface area contributed by atoms with Crippen molar-refractivity contribution >= 4 is 23.2 Å². The third kappa shape index (κ3) is 3.96. The van der Waals surface area contributed by atoms with Crippen LogP contribution >= 0.6 is 11.3 Å². The fraction of sp³-hybridized carbons (Fsp3) is 0.500. The molecule has 0 radical (unpaired) electrons. The summed E-state index contributed by atoms with van der Waals surface area (Å²) in [5, 5.41) is 12.7. The molecule has 3 rings (SSSR count). The molecule has 1 saturated carbocycles. The van der Waals surface area contributed by atoms with Gasteiger partial charge in [0.1, 0.15) is 10.6 Å². The van der Waals surface area contributed by atoms with Gasteiger partial charge in [0.15, 0.2) is 10.8 Å². The van der Waals surface area contributed by atoms with Gasteiger partial charge >= 0.3 is 5.97 Å². The number of furan rings is 1. The number of rotatable bonds is 7.